The van der Waals surface area contributed by atoms with Gasteiger partial charge in [-0.2, -0.15) is 0 Å². The van der Waals surface area contributed by atoms with Gasteiger partial charge in [0.05, 0.1) is 0 Å². The van der Waals surface area contributed by atoms with Crippen molar-refractivity contribution in [3.05, 3.63) is 88.9 Å². The number of aryl methyl sites for hydroxylation is 2. The fourth-order valence-electron chi connectivity index (χ4n) is 2.92. The number of pyridine rings is 1. The Morgan fingerprint density at radius 1 is 0.741 bits per heavy atom. The number of rotatable bonds is 6. The van der Waals surface area contributed by atoms with E-state index in [1.54, 1.807) is 0 Å². The molecule has 27 heavy (non-hydrogen) atoms. The largest absolute Gasteiger partial charge is 0.419 e. The molecule has 0 saturated heterocycles. The third-order valence-corrected chi connectivity index (χ3v) is 4.76. The summed E-state index contributed by atoms with van der Waals surface area (Å²) in [5.74, 6) is 1.10. The summed E-state index contributed by atoms with van der Waals surface area (Å²) in [7, 11) is 0. The Balaban J connectivity index is 1.34. The first-order valence-corrected chi connectivity index (χ1v) is 9.67. The Morgan fingerprint density at radius 3 is 2.30 bits per heavy atom. The van der Waals surface area contributed by atoms with Crippen LogP contribution in [-0.2, 0) is 12.8 Å². The molecular formula is C22H18BrN3O. The number of hydrogen-bond donors (Lipinski definition) is 0. The Morgan fingerprint density at radius 2 is 1.52 bits per heavy atom. The number of nitrogens with zero attached hydrogens (tertiary/aromatic N) is 3. The fourth-order valence-corrected chi connectivity index (χ4v) is 3.27. The van der Waals surface area contributed by atoms with Crippen LogP contribution in [0.4, 0.5) is 0 Å². The van der Waals surface area contributed by atoms with E-state index in [0.29, 0.717) is 17.5 Å². The molecular weight excluding hydrogens is 402 g/mol. The topological polar surface area (TPSA) is 51.8 Å². The van der Waals surface area contributed by atoms with E-state index in [1.165, 1.54) is 16.7 Å². The molecule has 0 saturated carbocycles. The first-order chi connectivity index (χ1) is 13.3. The predicted molar refractivity (Wildman–Crippen MR) is 109 cm³/mol. The van der Waals surface area contributed by atoms with Crippen molar-refractivity contribution >= 4 is 15.9 Å². The highest BCUT2D eigenvalue weighted by atomic mass is 79.9. The van der Waals surface area contributed by atoms with Crippen LogP contribution in [0.5, 0.6) is 0 Å². The lowest BCUT2D eigenvalue weighted by molar-refractivity contribution is 0.496. The maximum Gasteiger partial charge on any atom is 0.266 e. The average Bonchev–Trinajstić information content (AvgIpc) is 3.18. The van der Waals surface area contributed by atoms with Gasteiger partial charge in [0.1, 0.15) is 10.3 Å². The van der Waals surface area contributed by atoms with Gasteiger partial charge in [0.15, 0.2) is 0 Å². The molecule has 4 rings (SSSR count). The van der Waals surface area contributed by atoms with Crippen LogP contribution in [0, 0.1) is 0 Å². The summed E-state index contributed by atoms with van der Waals surface area (Å²) in [6, 6.07) is 24.8. The van der Waals surface area contributed by atoms with E-state index >= 15 is 0 Å². The molecule has 4 nitrogen and oxygen atoms in total. The highest BCUT2D eigenvalue weighted by Crippen LogP contribution is 2.21. The second kappa shape index (κ2) is 8.27. The Bertz CT molecular complexity index is 1010. The van der Waals surface area contributed by atoms with Crippen LogP contribution in [0.2, 0.25) is 0 Å². The zero-order chi connectivity index (χ0) is 18.5. The Hall–Kier alpha value is -2.79. The van der Waals surface area contributed by atoms with E-state index in [9.17, 15) is 0 Å². The quantitative estimate of drug-likeness (QED) is 0.374. The number of aromatic nitrogens is 3. The van der Waals surface area contributed by atoms with Crippen molar-refractivity contribution in [3.8, 4) is 22.7 Å². The summed E-state index contributed by atoms with van der Waals surface area (Å²) < 4.78 is 6.48. The van der Waals surface area contributed by atoms with Gasteiger partial charge < -0.3 is 4.42 Å². The third-order valence-electron chi connectivity index (χ3n) is 4.32. The number of benzene rings is 2. The predicted octanol–water partition coefficient (Wildman–Crippen LogP) is 5.74. The summed E-state index contributed by atoms with van der Waals surface area (Å²) in [4.78, 5) is 4.34. The number of halogens is 1. The van der Waals surface area contributed by atoms with Crippen LogP contribution < -0.4 is 0 Å². The molecule has 0 spiro atoms. The molecule has 2 aromatic heterocycles. The Labute approximate surface area is 166 Å². The molecule has 4 aromatic rings. The average molecular weight is 420 g/mol. The lowest BCUT2D eigenvalue weighted by Crippen LogP contribution is -1.90. The third kappa shape index (κ3) is 4.49. The van der Waals surface area contributed by atoms with Gasteiger partial charge in [-0.25, -0.2) is 4.98 Å². The van der Waals surface area contributed by atoms with Crippen molar-refractivity contribution < 1.29 is 4.42 Å². The van der Waals surface area contributed by atoms with Gasteiger partial charge in [-0.1, -0.05) is 60.7 Å². The molecule has 0 N–H and O–H groups in total. The summed E-state index contributed by atoms with van der Waals surface area (Å²) in [6.45, 7) is 0. The van der Waals surface area contributed by atoms with E-state index in [0.717, 1.165) is 23.9 Å². The van der Waals surface area contributed by atoms with Gasteiger partial charge in [-0.15, -0.1) is 10.2 Å². The van der Waals surface area contributed by atoms with E-state index in [-0.39, 0.29) is 0 Å². The standard InChI is InChI=1S/C22H18BrN3O/c23-20-10-5-9-19(24-20)22-26-25-21(27-22)11-4-6-16-12-14-18(15-13-16)17-7-2-1-3-8-17/h1-3,5,7-10,12-15H,4,6,11H2. The lowest BCUT2D eigenvalue weighted by atomic mass is 10.0. The van der Waals surface area contributed by atoms with Gasteiger partial charge in [0.25, 0.3) is 5.89 Å². The van der Waals surface area contributed by atoms with Crippen LogP contribution in [-0.4, -0.2) is 15.2 Å². The van der Waals surface area contributed by atoms with E-state index < -0.39 is 0 Å². The van der Waals surface area contributed by atoms with Crippen molar-refractivity contribution in [2.75, 3.05) is 0 Å². The van der Waals surface area contributed by atoms with Crippen LogP contribution in [0.3, 0.4) is 0 Å². The zero-order valence-electron chi connectivity index (χ0n) is 14.7. The molecule has 5 heteroatoms. The van der Waals surface area contributed by atoms with Crippen molar-refractivity contribution in [2.45, 2.75) is 19.3 Å². The van der Waals surface area contributed by atoms with Crippen LogP contribution in [0.1, 0.15) is 17.9 Å². The summed E-state index contributed by atoms with van der Waals surface area (Å²) in [6.07, 6.45) is 2.68. The molecule has 0 aliphatic rings. The fraction of sp³-hybridized carbons (Fsp3) is 0.136. The van der Waals surface area contributed by atoms with Crippen molar-refractivity contribution in [3.63, 3.8) is 0 Å². The van der Waals surface area contributed by atoms with Crippen molar-refractivity contribution in [1.29, 1.82) is 0 Å². The molecule has 0 bridgehead atoms. The van der Waals surface area contributed by atoms with Gasteiger partial charge in [0, 0.05) is 6.42 Å². The molecule has 0 radical (unpaired) electrons. The van der Waals surface area contributed by atoms with Crippen LogP contribution in [0.25, 0.3) is 22.7 Å². The molecule has 0 aliphatic carbocycles. The first-order valence-electron chi connectivity index (χ1n) is 8.87. The molecule has 2 heterocycles. The maximum absolute atomic E-state index is 5.73. The number of hydrogen-bond acceptors (Lipinski definition) is 4. The molecule has 0 fully saturated rings. The second-order valence-corrected chi connectivity index (χ2v) is 7.08. The normalized spacial score (nSPS) is 10.9. The van der Waals surface area contributed by atoms with E-state index in [4.69, 9.17) is 4.42 Å². The molecule has 0 atom stereocenters. The molecule has 0 amide bonds. The minimum Gasteiger partial charge on any atom is -0.419 e. The Kier molecular flexibility index (Phi) is 5.39. The SMILES string of the molecule is Brc1cccc(-c2nnc(CCCc3ccc(-c4ccccc4)cc3)o2)n1. The van der Waals surface area contributed by atoms with Gasteiger partial charge >= 0.3 is 0 Å². The molecule has 0 unspecified atom stereocenters. The summed E-state index contributed by atoms with van der Waals surface area (Å²) in [5, 5.41) is 8.23. The monoisotopic (exact) mass is 419 g/mol. The molecule has 2 aromatic carbocycles. The van der Waals surface area contributed by atoms with Gasteiger partial charge in [0.2, 0.25) is 5.89 Å². The van der Waals surface area contributed by atoms with Crippen LogP contribution in [0.15, 0.2) is 81.8 Å². The highest BCUT2D eigenvalue weighted by Gasteiger charge is 2.10. The van der Waals surface area contributed by atoms with Crippen molar-refractivity contribution in [2.24, 2.45) is 0 Å². The zero-order valence-corrected chi connectivity index (χ0v) is 16.3. The second-order valence-electron chi connectivity index (χ2n) is 6.26. The maximum atomic E-state index is 5.73. The van der Waals surface area contributed by atoms with Gasteiger partial charge in [-0.05, 0) is 57.6 Å². The summed E-state index contributed by atoms with van der Waals surface area (Å²) in [5.41, 5.74) is 4.47. The molecule has 0 aliphatic heterocycles. The minimum atomic E-state index is 0.457. The summed E-state index contributed by atoms with van der Waals surface area (Å²) >= 11 is 3.35. The van der Waals surface area contributed by atoms with E-state index in [1.807, 2.05) is 24.3 Å². The van der Waals surface area contributed by atoms with Crippen molar-refractivity contribution in [1.82, 2.24) is 15.2 Å². The van der Waals surface area contributed by atoms with Gasteiger partial charge in [-0.3, -0.25) is 0 Å². The minimum absolute atomic E-state index is 0.457. The van der Waals surface area contributed by atoms with Crippen LogP contribution >= 0.6 is 15.9 Å². The lowest BCUT2D eigenvalue weighted by Gasteiger charge is -2.04. The highest BCUT2D eigenvalue weighted by molar-refractivity contribution is 9.10. The smallest absolute Gasteiger partial charge is 0.266 e. The van der Waals surface area contributed by atoms with E-state index in [2.05, 4.69) is 79.6 Å². The first kappa shape index (κ1) is 17.6. The molecule has 134 valence electrons.